The maximum absolute atomic E-state index is 13.7. The Morgan fingerprint density at radius 2 is 1.59 bits per heavy atom. The summed E-state index contributed by atoms with van der Waals surface area (Å²) in [5.74, 6) is -0.128. The Bertz CT molecular complexity index is 1250. The standard InChI is InChI=1S/C30H32FN3O4S/c31-25-14-10-23(11-15-25)19-33(29(35)21-39-20-24-12-16-27(17-13-24)34(37)38)28(18-22-6-2-1-3-7-22)30(36)32-26-8-4-5-9-26/h1-3,6-7,10-17,26,28H,4-5,8-9,18-21H2,(H,32,36)/t28-/m0/s1. The minimum Gasteiger partial charge on any atom is -0.352 e. The highest BCUT2D eigenvalue weighted by atomic mass is 32.2. The summed E-state index contributed by atoms with van der Waals surface area (Å²) in [6.07, 6.45) is 4.37. The molecule has 1 atom stereocenters. The van der Waals surface area contributed by atoms with Crippen LogP contribution in [0.25, 0.3) is 0 Å². The predicted molar refractivity (Wildman–Crippen MR) is 151 cm³/mol. The molecule has 39 heavy (non-hydrogen) atoms. The van der Waals surface area contributed by atoms with Gasteiger partial charge in [0.1, 0.15) is 11.9 Å². The third kappa shape index (κ3) is 8.38. The topological polar surface area (TPSA) is 92.6 Å². The molecule has 2 amide bonds. The lowest BCUT2D eigenvalue weighted by atomic mass is 10.0. The second-order valence-corrected chi connectivity index (χ2v) is 10.7. The number of nitrogens with zero attached hydrogens (tertiary/aromatic N) is 2. The van der Waals surface area contributed by atoms with Gasteiger partial charge < -0.3 is 10.2 Å². The van der Waals surface area contributed by atoms with Crippen LogP contribution in [-0.2, 0) is 28.3 Å². The monoisotopic (exact) mass is 549 g/mol. The van der Waals surface area contributed by atoms with Crippen molar-refractivity contribution in [1.82, 2.24) is 10.2 Å². The summed E-state index contributed by atoms with van der Waals surface area (Å²) < 4.78 is 13.6. The van der Waals surface area contributed by atoms with E-state index in [0.717, 1.165) is 42.4 Å². The summed E-state index contributed by atoms with van der Waals surface area (Å²) in [6, 6.07) is 21.2. The summed E-state index contributed by atoms with van der Waals surface area (Å²) in [4.78, 5) is 39.4. The van der Waals surface area contributed by atoms with Gasteiger partial charge in [0.25, 0.3) is 5.69 Å². The summed E-state index contributed by atoms with van der Waals surface area (Å²) in [5, 5.41) is 14.1. The van der Waals surface area contributed by atoms with Crippen molar-refractivity contribution in [2.24, 2.45) is 0 Å². The van der Waals surface area contributed by atoms with Gasteiger partial charge in [0, 0.05) is 36.9 Å². The van der Waals surface area contributed by atoms with Gasteiger partial charge in [0.05, 0.1) is 10.7 Å². The number of benzene rings is 3. The zero-order chi connectivity index (χ0) is 27.6. The molecule has 0 aliphatic heterocycles. The lowest BCUT2D eigenvalue weighted by Crippen LogP contribution is -2.52. The molecule has 4 rings (SSSR count). The predicted octanol–water partition coefficient (Wildman–Crippen LogP) is 5.67. The number of hydrogen-bond acceptors (Lipinski definition) is 5. The molecule has 0 spiro atoms. The van der Waals surface area contributed by atoms with Crippen molar-refractivity contribution in [2.45, 2.75) is 56.5 Å². The zero-order valence-electron chi connectivity index (χ0n) is 21.6. The summed E-state index contributed by atoms with van der Waals surface area (Å²) in [5.41, 5.74) is 2.56. The van der Waals surface area contributed by atoms with Crippen LogP contribution < -0.4 is 5.32 Å². The Morgan fingerprint density at radius 1 is 0.949 bits per heavy atom. The summed E-state index contributed by atoms with van der Waals surface area (Å²) in [7, 11) is 0. The van der Waals surface area contributed by atoms with Crippen molar-refractivity contribution in [2.75, 3.05) is 5.75 Å². The van der Waals surface area contributed by atoms with Gasteiger partial charge in [0.15, 0.2) is 0 Å². The molecule has 0 bridgehead atoms. The zero-order valence-corrected chi connectivity index (χ0v) is 22.4. The first-order chi connectivity index (χ1) is 18.9. The first-order valence-corrected chi connectivity index (χ1v) is 14.2. The molecule has 9 heteroatoms. The summed E-state index contributed by atoms with van der Waals surface area (Å²) in [6.45, 7) is 0.173. The number of nitro benzene ring substituents is 1. The van der Waals surface area contributed by atoms with Crippen molar-refractivity contribution < 1.29 is 18.9 Å². The molecule has 0 radical (unpaired) electrons. The molecule has 3 aromatic rings. The third-order valence-corrected chi connectivity index (χ3v) is 7.87. The lowest BCUT2D eigenvalue weighted by molar-refractivity contribution is -0.384. The maximum atomic E-state index is 13.7. The van der Waals surface area contributed by atoms with E-state index in [-0.39, 0.29) is 41.7 Å². The highest BCUT2D eigenvalue weighted by Crippen LogP contribution is 2.22. The third-order valence-electron chi connectivity index (χ3n) is 6.88. The Hall–Kier alpha value is -3.72. The van der Waals surface area contributed by atoms with Gasteiger partial charge in [-0.2, -0.15) is 0 Å². The molecule has 0 aromatic heterocycles. The molecular formula is C30H32FN3O4S. The van der Waals surface area contributed by atoms with Crippen LogP contribution in [0.3, 0.4) is 0 Å². The lowest BCUT2D eigenvalue weighted by Gasteiger charge is -2.32. The highest BCUT2D eigenvalue weighted by Gasteiger charge is 2.32. The van der Waals surface area contributed by atoms with Crippen LogP contribution in [0.15, 0.2) is 78.9 Å². The van der Waals surface area contributed by atoms with E-state index in [1.54, 1.807) is 29.2 Å². The molecule has 3 aromatic carbocycles. The van der Waals surface area contributed by atoms with Crippen molar-refractivity contribution in [3.05, 3.63) is 111 Å². The van der Waals surface area contributed by atoms with Gasteiger partial charge in [-0.1, -0.05) is 67.4 Å². The van der Waals surface area contributed by atoms with Gasteiger partial charge in [-0.3, -0.25) is 19.7 Å². The highest BCUT2D eigenvalue weighted by molar-refractivity contribution is 7.99. The van der Waals surface area contributed by atoms with E-state index < -0.39 is 11.0 Å². The van der Waals surface area contributed by atoms with Crippen molar-refractivity contribution in [3.63, 3.8) is 0 Å². The first kappa shape index (κ1) is 28.3. The number of nitrogens with one attached hydrogen (secondary N) is 1. The van der Waals surface area contributed by atoms with Crippen LogP contribution in [0.5, 0.6) is 0 Å². The molecule has 204 valence electrons. The Labute approximate surface area is 231 Å². The van der Waals surface area contributed by atoms with E-state index in [9.17, 15) is 24.1 Å². The fourth-order valence-corrected chi connectivity index (χ4v) is 5.63. The minimum atomic E-state index is -0.731. The van der Waals surface area contributed by atoms with Gasteiger partial charge in [-0.15, -0.1) is 11.8 Å². The average molecular weight is 550 g/mol. The number of rotatable bonds is 12. The van der Waals surface area contributed by atoms with Crippen molar-refractivity contribution in [1.29, 1.82) is 0 Å². The van der Waals surface area contributed by atoms with Gasteiger partial charge in [-0.05, 0) is 41.7 Å². The molecule has 1 N–H and O–H groups in total. The molecule has 1 fully saturated rings. The van der Waals surface area contributed by atoms with Crippen molar-refractivity contribution >= 4 is 29.3 Å². The number of non-ortho nitro benzene ring substituents is 1. The van der Waals surface area contributed by atoms with Crippen LogP contribution in [0.2, 0.25) is 0 Å². The van der Waals surface area contributed by atoms with E-state index >= 15 is 0 Å². The van der Waals surface area contributed by atoms with Gasteiger partial charge in [0.2, 0.25) is 11.8 Å². The van der Waals surface area contributed by atoms with E-state index in [1.165, 1.54) is 36.0 Å². The molecule has 0 saturated heterocycles. The average Bonchev–Trinajstić information content (AvgIpc) is 3.45. The minimum absolute atomic E-state index is 0.0160. The molecule has 0 unspecified atom stereocenters. The van der Waals surface area contributed by atoms with Crippen LogP contribution in [0, 0.1) is 15.9 Å². The number of halogens is 1. The van der Waals surface area contributed by atoms with Gasteiger partial charge >= 0.3 is 0 Å². The maximum Gasteiger partial charge on any atom is 0.269 e. The quantitative estimate of drug-likeness (QED) is 0.232. The van der Waals surface area contributed by atoms with Crippen LogP contribution in [0.1, 0.15) is 42.4 Å². The van der Waals surface area contributed by atoms with E-state index in [2.05, 4.69) is 5.32 Å². The Balaban J connectivity index is 1.53. The fourth-order valence-electron chi connectivity index (χ4n) is 4.76. The second kappa shape index (κ2) is 13.9. The van der Waals surface area contributed by atoms with Crippen LogP contribution in [-0.4, -0.2) is 39.5 Å². The fraction of sp³-hybridized carbons (Fsp3) is 0.333. The number of carbonyl (C=O) groups is 2. The van der Waals surface area contributed by atoms with Crippen LogP contribution >= 0.6 is 11.8 Å². The number of thioether (sulfide) groups is 1. The SMILES string of the molecule is O=C(NC1CCCC1)[C@H](Cc1ccccc1)N(Cc1ccc(F)cc1)C(=O)CSCc1ccc([N+](=O)[O-])cc1. The van der Waals surface area contributed by atoms with Crippen molar-refractivity contribution in [3.8, 4) is 0 Å². The van der Waals surface area contributed by atoms with E-state index in [1.807, 2.05) is 30.3 Å². The molecule has 0 heterocycles. The van der Waals surface area contributed by atoms with Crippen LogP contribution in [0.4, 0.5) is 10.1 Å². The number of hydrogen-bond donors (Lipinski definition) is 1. The molecule has 1 aliphatic carbocycles. The Morgan fingerprint density at radius 3 is 2.23 bits per heavy atom. The Kier molecular flexibility index (Phi) is 10.1. The first-order valence-electron chi connectivity index (χ1n) is 13.1. The van der Waals surface area contributed by atoms with E-state index in [4.69, 9.17) is 0 Å². The smallest absolute Gasteiger partial charge is 0.269 e. The molecule has 1 saturated carbocycles. The van der Waals surface area contributed by atoms with Gasteiger partial charge in [-0.25, -0.2) is 4.39 Å². The number of nitro groups is 1. The number of amides is 2. The summed E-state index contributed by atoms with van der Waals surface area (Å²) >= 11 is 1.39. The largest absolute Gasteiger partial charge is 0.352 e. The second-order valence-electron chi connectivity index (χ2n) is 9.76. The molecule has 7 nitrogen and oxygen atoms in total. The molecular weight excluding hydrogens is 517 g/mol. The molecule has 1 aliphatic rings. The van der Waals surface area contributed by atoms with E-state index in [0.29, 0.717) is 12.2 Å². The number of carbonyl (C=O) groups excluding carboxylic acids is 2. The normalized spacial score (nSPS) is 14.1.